The maximum Gasteiger partial charge on any atom is 0.0459 e. The van der Waals surface area contributed by atoms with Crippen molar-refractivity contribution in [3.8, 4) is 0 Å². The van der Waals surface area contributed by atoms with E-state index in [1.165, 1.54) is 22.2 Å². The number of para-hydroxylation sites is 1. The summed E-state index contributed by atoms with van der Waals surface area (Å²) < 4.78 is 0. The highest BCUT2D eigenvalue weighted by molar-refractivity contribution is 7.80. The van der Waals surface area contributed by atoms with Gasteiger partial charge in [-0.05, 0) is 30.7 Å². The minimum Gasteiger partial charge on any atom is -0.358 e. The normalized spacial score (nSPS) is 13.3. The Morgan fingerprint density at radius 2 is 2.13 bits per heavy atom. The van der Waals surface area contributed by atoms with Crippen molar-refractivity contribution in [2.75, 3.05) is 5.75 Å². The van der Waals surface area contributed by atoms with Crippen molar-refractivity contribution in [3.63, 3.8) is 0 Å². The Bertz CT molecular complexity index is 462. The summed E-state index contributed by atoms with van der Waals surface area (Å²) >= 11 is 4.23. The number of rotatable bonds is 3. The van der Waals surface area contributed by atoms with Crippen LogP contribution >= 0.6 is 12.6 Å². The highest BCUT2D eigenvalue weighted by Crippen LogP contribution is 2.28. The van der Waals surface area contributed by atoms with Gasteiger partial charge in [0.05, 0.1) is 0 Å². The van der Waals surface area contributed by atoms with E-state index in [2.05, 4.69) is 36.7 Å². The first-order valence-corrected chi connectivity index (χ1v) is 5.81. The fourth-order valence-corrected chi connectivity index (χ4v) is 2.34. The van der Waals surface area contributed by atoms with E-state index >= 15 is 0 Å². The van der Waals surface area contributed by atoms with Crippen LogP contribution in [-0.2, 0) is 0 Å². The van der Waals surface area contributed by atoms with Gasteiger partial charge in [0, 0.05) is 22.6 Å². The lowest BCUT2D eigenvalue weighted by Crippen LogP contribution is -2.11. The Morgan fingerprint density at radius 1 is 1.40 bits per heavy atom. The molecule has 0 bridgehead atoms. The number of fused-ring (bicyclic) bond motifs is 1. The minimum atomic E-state index is 0.0821. The Morgan fingerprint density at radius 3 is 2.87 bits per heavy atom. The van der Waals surface area contributed by atoms with E-state index in [0.717, 1.165) is 12.2 Å². The first-order valence-electron chi connectivity index (χ1n) is 5.17. The summed E-state index contributed by atoms with van der Waals surface area (Å²) in [4.78, 5) is 3.36. The van der Waals surface area contributed by atoms with E-state index in [1.54, 1.807) is 0 Å². The molecule has 1 aromatic carbocycles. The quantitative estimate of drug-likeness (QED) is 0.684. The lowest BCUT2D eigenvalue weighted by atomic mass is 10.0. The van der Waals surface area contributed by atoms with Crippen LogP contribution in [0.5, 0.6) is 0 Å². The van der Waals surface area contributed by atoms with Gasteiger partial charge in [0.2, 0.25) is 0 Å². The zero-order valence-electron chi connectivity index (χ0n) is 8.83. The second-order valence-electron chi connectivity index (χ2n) is 3.83. The molecule has 2 rings (SSSR count). The monoisotopic (exact) mass is 220 g/mol. The largest absolute Gasteiger partial charge is 0.358 e. The van der Waals surface area contributed by atoms with Crippen LogP contribution in [0.15, 0.2) is 24.3 Å². The number of hydrogen-bond donors (Lipinski definition) is 3. The smallest absolute Gasteiger partial charge is 0.0459 e. The molecule has 1 heterocycles. The molecule has 0 aliphatic rings. The summed E-state index contributed by atoms with van der Waals surface area (Å²) in [6.45, 7) is 2.08. The molecule has 0 aliphatic heterocycles. The molecule has 0 saturated heterocycles. The lowest BCUT2D eigenvalue weighted by molar-refractivity contribution is 0.706. The molecule has 2 aromatic rings. The van der Waals surface area contributed by atoms with Crippen molar-refractivity contribution in [1.82, 2.24) is 4.98 Å². The van der Waals surface area contributed by atoms with Crippen LogP contribution in [0.25, 0.3) is 10.9 Å². The number of thiol groups is 1. The van der Waals surface area contributed by atoms with Crippen LogP contribution in [0, 0.1) is 6.92 Å². The molecule has 15 heavy (non-hydrogen) atoms. The van der Waals surface area contributed by atoms with E-state index in [1.807, 2.05) is 12.1 Å². The third-order valence-electron chi connectivity index (χ3n) is 2.75. The fourth-order valence-electron chi connectivity index (χ4n) is 2.06. The third kappa shape index (κ3) is 1.90. The molecule has 2 nitrogen and oxygen atoms in total. The molecule has 0 aliphatic carbocycles. The van der Waals surface area contributed by atoms with Gasteiger partial charge >= 0.3 is 0 Å². The Kier molecular flexibility index (Phi) is 3.03. The zero-order valence-corrected chi connectivity index (χ0v) is 9.72. The molecule has 0 amide bonds. The average molecular weight is 220 g/mol. The molecule has 1 aromatic heterocycles. The maximum atomic E-state index is 6.15. The molecule has 0 spiro atoms. The van der Waals surface area contributed by atoms with E-state index in [9.17, 15) is 0 Å². The number of aromatic amines is 1. The number of hydrogen-bond acceptors (Lipinski definition) is 2. The van der Waals surface area contributed by atoms with E-state index in [4.69, 9.17) is 5.73 Å². The first-order chi connectivity index (χ1) is 7.24. The van der Waals surface area contributed by atoms with Crippen molar-refractivity contribution in [1.29, 1.82) is 0 Å². The SMILES string of the molecule is Cc1[nH]c2ccccc2c1C(N)CCS. The van der Waals surface area contributed by atoms with Gasteiger partial charge in [0.15, 0.2) is 0 Å². The second kappa shape index (κ2) is 4.29. The topological polar surface area (TPSA) is 41.8 Å². The zero-order chi connectivity index (χ0) is 10.8. The number of nitrogens with two attached hydrogens (primary N) is 1. The summed E-state index contributed by atoms with van der Waals surface area (Å²) in [7, 11) is 0. The second-order valence-corrected chi connectivity index (χ2v) is 4.28. The highest BCUT2D eigenvalue weighted by Gasteiger charge is 2.13. The standard InChI is InChI=1S/C12H16N2S/c1-8-12(10(13)6-7-15)9-4-2-3-5-11(9)14-8/h2-5,10,14-15H,6-7,13H2,1H3. The van der Waals surface area contributed by atoms with Crippen LogP contribution in [0.2, 0.25) is 0 Å². The van der Waals surface area contributed by atoms with Gasteiger partial charge in [0.1, 0.15) is 0 Å². The van der Waals surface area contributed by atoms with Crippen molar-refractivity contribution in [2.45, 2.75) is 19.4 Å². The molecule has 1 atom stereocenters. The van der Waals surface area contributed by atoms with Crippen molar-refractivity contribution < 1.29 is 0 Å². The Labute approximate surface area is 95.3 Å². The molecule has 80 valence electrons. The third-order valence-corrected chi connectivity index (χ3v) is 3.01. The maximum absolute atomic E-state index is 6.15. The van der Waals surface area contributed by atoms with E-state index < -0.39 is 0 Å². The van der Waals surface area contributed by atoms with Crippen LogP contribution in [0.1, 0.15) is 23.7 Å². The molecule has 3 heteroatoms. The molecule has 0 fully saturated rings. The number of nitrogens with one attached hydrogen (secondary N) is 1. The van der Waals surface area contributed by atoms with Crippen LogP contribution in [-0.4, -0.2) is 10.7 Å². The highest BCUT2D eigenvalue weighted by atomic mass is 32.1. The van der Waals surface area contributed by atoms with Gasteiger partial charge in [0.25, 0.3) is 0 Å². The number of H-pyrrole nitrogens is 1. The predicted octanol–water partition coefficient (Wildman–Crippen LogP) is 2.80. The first kappa shape index (κ1) is 10.6. The van der Waals surface area contributed by atoms with E-state index in [0.29, 0.717) is 0 Å². The number of aromatic nitrogens is 1. The van der Waals surface area contributed by atoms with Gasteiger partial charge in [-0.1, -0.05) is 18.2 Å². The van der Waals surface area contributed by atoms with Crippen LogP contribution in [0.3, 0.4) is 0 Å². The summed E-state index contributed by atoms with van der Waals surface area (Å²) in [5.41, 5.74) is 9.72. The fraction of sp³-hybridized carbons (Fsp3) is 0.333. The lowest BCUT2D eigenvalue weighted by Gasteiger charge is -2.10. The van der Waals surface area contributed by atoms with Crippen molar-refractivity contribution >= 4 is 23.5 Å². The number of aryl methyl sites for hydroxylation is 1. The average Bonchev–Trinajstić information content (AvgIpc) is 2.54. The van der Waals surface area contributed by atoms with Gasteiger partial charge in [-0.2, -0.15) is 12.6 Å². The van der Waals surface area contributed by atoms with Gasteiger partial charge in [-0.25, -0.2) is 0 Å². The summed E-state index contributed by atoms with van der Waals surface area (Å²) in [5.74, 6) is 0.820. The van der Waals surface area contributed by atoms with Crippen molar-refractivity contribution in [3.05, 3.63) is 35.5 Å². The number of benzene rings is 1. The Balaban J connectivity index is 2.53. The van der Waals surface area contributed by atoms with E-state index in [-0.39, 0.29) is 6.04 Å². The summed E-state index contributed by atoms with van der Waals surface area (Å²) in [5, 5.41) is 1.24. The molecular weight excluding hydrogens is 204 g/mol. The van der Waals surface area contributed by atoms with Crippen LogP contribution in [0.4, 0.5) is 0 Å². The molecular formula is C12H16N2S. The predicted molar refractivity (Wildman–Crippen MR) is 68.4 cm³/mol. The molecule has 3 N–H and O–H groups in total. The summed E-state index contributed by atoms with van der Waals surface area (Å²) in [6, 6.07) is 8.36. The van der Waals surface area contributed by atoms with Crippen LogP contribution < -0.4 is 5.73 Å². The molecule has 1 unspecified atom stereocenters. The van der Waals surface area contributed by atoms with Gasteiger partial charge < -0.3 is 10.7 Å². The minimum absolute atomic E-state index is 0.0821. The summed E-state index contributed by atoms with van der Waals surface area (Å²) in [6.07, 6.45) is 0.909. The van der Waals surface area contributed by atoms with Gasteiger partial charge in [-0.15, -0.1) is 0 Å². The Hall–Kier alpha value is -0.930. The van der Waals surface area contributed by atoms with Crippen molar-refractivity contribution in [2.24, 2.45) is 5.73 Å². The molecule has 0 saturated carbocycles. The molecule has 0 radical (unpaired) electrons. The van der Waals surface area contributed by atoms with Gasteiger partial charge in [-0.3, -0.25) is 0 Å².